The van der Waals surface area contributed by atoms with Crippen molar-refractivity contribution in [2.45, 2.75) is 58.5 Å². The van der Waals surface area contributed by atoms with E-state index in [1.54, 1.807) is 0 Å². The van der Waals surface area contributed by atoms with Gasteiger partial charge in [0.25, 0.3) is 11.8 Å². The van der Waals surface area contributed by atoms with E-state index in [1.165, 1.54) is 0 Å². The summed E-state index contributed by atoms with van der Waals surface area (Å²) in [5, 5.41) is 6.37. The third-order valence-corrected chi connectivity index (χ3v) is 5.42. The Bertz CT molecular complexity index is 907. The lowest BCUT2D eigenvalue weighted by molar-refractivity contribution is 0.0945. The van der Waals surface area contributed by atoms with Gasteiger partial charge >= 0.3 is 0 Å². The second-order valence-corrected chi connectivity index (χ2v) is 7.89. The molecule has 1 aliphatic heterocycles. The molecular formula is C20H23ClN4O2. The zero-order chi connectivity index (χ0) is 19.1. The maximum atomic E-state index is 13.0. The van der Waals surface area contributed by atoms with Gasteiger partial charge in [0.05, 0.1) is 16.4 Å². The number of imidazole rings is 1. The van der Waals surface area contributed by atoms with E-state index in [-0.39, 0.29) is 23.7 Å². The molecule has 2 heterocycles. The van der Waals surface area contributed by atoms with Crippen LogP contribution in [-0.4, -0.2) is 27.4 Å². The van der Waals surface area contributed by atoms with E-state index in [2.05, 4.69) is 15.6 Å². The van der Waals surface area contributed by atoms with Crippen LogP contribution in [0.25, 0.3) is 0 Å². The van der Waals surface area contributed by atoms with Crippen LogP contribution in [0.5, 0.6) is 0 Å². The standard InChI is InChI=1S/C20H23ClN4O2/c1-11-9-12(2)16(14(21)10-11)24-20(27)18-23-17(19(26)22-13-6-7-13)15-5-3-4-8-25(15)18/h9-10,13H,3-8H2,1-2H3,(H,22,26)(H,24,27). The monoisotopic (exact) mass is 386 g/mol. The maximum absolute atomic E-state index is 13.0. The summed E-state index contributed by atoms with van der Waals surface area (Å²) in [6.45, 7) is 4.56. The molecule has 1 saturated carbocycles. The van der Waals surface area contributed by atoms with Crippen LogP contribution in [-0.2, 0) is 13.0 Å². The van der Waals surface area contributed by atoms with Crippen molar-refractivity contribution >= 4 is 29.1 Å². The summed E-state index contributed by atoms with van der Waals surface area (Å²) in [4.78, 5) is 30.0. The molecule has 2 aliphatic rings. The van der Waals surface area contributed by atoms with Gasteiger partial charge in [-0.15, -0.1) is 0 Å². The Morgan fingerprint density at radius 3 is 2.67 bits per heavy atom. The molecular weight excluding hydrogens is 364 g/mol. The lowest BCUT2D eigenvalue weighted by Gasteiger charge is -2.17. The number of anilines is 1. The fourth-order valence-electron chi connectivity index (χ4n) is 3.62. The molecule has 2 N–H and O–H groups in total. The van der Waals surface area contributed by atoms with E-state index in [9.17, 15) is 9.59 Å². The summed E-state index contributed by atoms with van der Waals surface area (Å²) in [6, 6.07) is 4.04. The second kappa shape index (κ2) is 7.00. The van der Waals surface area contributed by atoms with Crippen molar-refractivity contribution in [3.63, 3.8) is 0 Å². The van der Waals surface area contributed by atoms with Crippen LogP contribution < -0.4 is 10.6 Å². The third kappa shape index (κ3) is 3.58. The topological polar surface area (TPSA) is 76.0 Å². The lowest BCUT2D eigenvalue weighted by Crippen LogP contribution is -2.27. The summed E-state index contributed by atoms with van der Waals surface area (Å²) in [5.74, 6) is -0.231. The van der Waals surface area contributed by atoms with E-state index >= 15 is 0 Å². The fraction of sp³-hybridized carbons (Fsp3) is 0.450. The van der Waals surface area contributed by atoms with Crippen molar-refractivity contribution < 1.29 is 9.59 Å². The minimum absolute atomic E-state index is 0.174. The minimum Gasteiger partial charge on any atom is -0.348 e. The quantitative estimate of drug-likeness (QED) is 0.842. The van der Waals surface area contributed by atoms with Gasteiger partial charge in [-0.3, -0.25) is 9.59 Å². The highest BCUT2D eigenvalue weighted by atomic mass is 35.5. The van der Waals surface area contributed by atoms with Gasteiger partial charge in [0.1, 0.15) is 5.69 Å². The Morgan fingerprint density at radius 2 is 1.96 bits per heavy atom. The number of amides is 2. The average molecular weight is 387 g/mol. The summed E-state index contributed by atoms with van der Waals surface area (Å²) < 4.78 is 1.89. The molecule has 2 amide bonds. The van der Waals surface area contributed by atoms with Crippen LogP contribution in [0, 0.1) is 13.8 Å². The number of rotatable bonds is 4. The van der Waals surface area contributed by atoms with Crippen LogP contribution >= 0.6 is 11.6 Å². The number of halogens is 1. The van der Waals surface area contributed by atoms with Gasteiger partial charge in [0.15, 0.2) is 5.82 Å². The van der Waals surface area contributed by atoms with Gasteiger partial charge in [-0.25, -0.2) is 4.98 Å². The number of hydrogen-bond donors (Lipinski definition) is 2. The summed E-state index contributed by atoms with van der Waals surface area (Å²) in [6.07, 6.45) is 4.76. The van der Waals surface area contributed by atoms with Crippen molar-refractivity contribution in [3.8, 4) is 0 Å². The van der Waals surface area contributed by atoms with E-state index in [0.717, 1.165) is 48.9 Å². The normalized spacial score (nSPS) is 16.0. The van der Waals surface area contributed by atoms with Gasteiger partial charge < -0.3 is 15.2 Å². The predicted octanol–water partition coefficient (Wildman–Crippen LogP) is 3.63. The molecule has 142 valence electrons. The second-order valence-electron chi connectivity index (χ2n) is 7.48. The smallest absolute Gasteiger partial charge is 0.291 e. The van der Waals surface area contributed by atoms with Crippen molar-refractivity contribution in [2.75, 3.05) is 5.32 Å². The minimum atomic E-state index is -0.336. The first kappa shape index (κ1) is 18.0. The Hall–Kier alpha value is -2.34. The highest BCUT2D eigenvalue weighted by Gasteiger charge is 2.31. The zero-order valence-electron chi connectivity index (χ0n) is 15.6. The predicted molar refractivity (Wildman–Crippen MR) is 105 cm³/mol. The fourth-order valence-corrected chi connectivity index (χ4v) is 3.99. The van der Waals surface area contributed by atoms with E-state index in [0.29, 0.717) is 22.9 Å². The Morgan fingerprint density at radius 1 is 1.19 bits per heavy atom. The van der Waals surface area contributed by atoms with Gasteiger partial charge in [0, 0.05) is 12.6 Å². The molecule has 0 spiro atoms. The third-order valence-electron chi connectivity index (χ3n) is 5.12. The van der Waals surface area contributed by atoms with Crippen molar-refractivity contribution in [3.05, 3.63) is 45.5 Å². The lowest BCUT2D eigenvalue weighted by atomic mass is 10.1. The van der Waals surface area contributed by atoms with Crippen molar-refractivity contribution in [2.24, 2.45) is 0 Å². The molecule has 0 radical (unpaired) electrons. The molecule has 0 bridgehead atoms. The van der Waals surface area contributed by atoms with Crippen molar-refractivity contribution in [1.82, 2.24) is 14.9 Å². The highest BCUT2D eigenvalue weighted by molar-refractivity contribution is 6.34. The molecule has 1 aliphatic carbocycles. The van der Waals surface area contributed by atoms with Gasteiger partial charge in [0.2, 0.25) is 0 Å². The average Bonchev–Trinajstić information content (AvgIpc) is 3.34. The van der Waals surface area contributed by atoms with Crippen LogP contribution in [0.4, 0.5) is 5.69 Å². The first-order chi connectivity index (χ1) is 12.9. The molecule has 1 aromatic carbocycles. The number of benzene rings is 1. The van der Waals surface area contributed by atoms with E-state index < -0.39 is 0 Å². The summed E-state index contributed by atoms with van der Waals surface area (Å²) in [7, 11) is 0. The number of carbonyl (C=O) groups excluding carboxylic acids is 2. The molecule has 27 heavy (non-hydrogen) atoms. The molecule has 7 heteroatoms. The summed E-state index contributed by atoms with van der Waals surface area (Å²) in [5.41, 5.74) is 3.76. The number of aryl methyl sites for hydroxylation is 2. The summed E-state index contributed by atoms with van der Waals surface area (Å²) >= 11 is 6.32. The van der Waals surface area contributed by atoms with Crippen LogP contribution in [0.15, 0.2) is 12.1 Å². The van der Waals surface area contributed by atoms with Gasteiger partial charge in [-0.05, 0) is 63.1 Å². The number of aromatic nitrogens is 2. The Kier molecular flexibility index (Phi) is 4.68. The molecule has 4 rings (SSSR count). The Labute approximate surface area is 163 Å². The number of nitrogens with zero attached hydrogens (tertiary/aromatic N) is 2. The van der Waals surface area contributed by atoms with E-state index in [1.807, 2.05) is 30.5 Å². The largest absolute Gasteiger partial charge is 0.348 e. The zero-order valence-corrected chi connectivity index (χ0v) is 16.3. The van der Waals surface area contributed by atoms with Crippen molar-refractivity contribution in [1.29, 1.82) is 0 Å². The van der Waals surface area contributed by atoms with Crippen LogP contribution in [0.3, 0.4) is 0 Å². The number of nitrogens with one attached hydrogen (secondary N) is 2. The first-order valence-corrected chi connectivity index (χ1v) is 9.80. The maximum Gasteiger partial charge on any atom is 0.291 e. The molecule has 0 saturated heterocycles. The number of fused-ring (bicyclic) bond motifs is 1. The van der Waals surface area contributed by atoms with E-state index in [4.69, 9.17) is 11.6 Å². The molecule has 0 atom stereocenters. The molecule has 0 unspecified atom stereocenters. The molecule has 1 aromatic heterocycles. The SMILES string of the molecule is Cc1cc(C)c(NC(=O)c2nc(C(=O)NC3CC3)c3n2CCCC3)c(Cl)c1. The number of hydrogen-bond acceptors (Lipinski definition) is 3. The highest BCUT2D eigenvalue weighted by Crippen LogP contribution is 2.29. The van der Waals surface area contributed by atoms with Crippen LogP contribution in [0.2, 0.25) is 5.02 Å². The molecule has 1 fully saturated rings. The first-order valence-electron chi connectivity index (χ1n) is 9.42. The van der Waals surface area contributed by atoms with Gasteiger partial charge in [-0.1, -0.05) is 17.7 Å². The van der Waals surface area contributed by atoms with Crippen LogP contribution in [0.1, 0.15) is 63.6 Å². The molecule has 2 aromatic rings. The van der Waals surface area contributed by atoms with Gasteiger partial charge in [-0.2, -0.15) is 0 Å². The Balaban J connectivity index is 1.65. The number of carbonyl (C=O) groups is 2. The molecule has 6 nitrogen and oxygen atoms in total.